The molecule has 1 N–H and O–H groups in total. The Kier molecular flexibility index (Phi) is 5.97. The Bertz CT molecular complexity index is 1030. The van der Waals surface area contributed by atoms with Gasteiger partial charge in [0.2, 0.25) is 0 Å². The van der Waals surface area contributed by atoms with Gasteiger partial charge in [0.05, 0.1) is 22.3 Å². The van der Waals surface area contributed by atoms with E-state index in [-0.39, 0.29) is 12.2 Å². The molecule has 3 aromatic rings. The average molecular weight is 431 g/mol. The number of fused-ring (bicyclic) bond motifs is 1. The lowest BCUT2D eigenvalue weighted by Gasteiger charge is -2.13. The molecule has 10 heteroatoms. The second-order valence-electron chi connectivity index (χ2n) is 6.31. The first kappa shape index (κ1) is 20.9. The van der Waals surface area contributed by atoms with Crippen molar-refractivity contribution in [2.24, 2.45) is 0 Å². The molecule has 154 valence electrons. The van der Waals surface area contributed by atoms with Crippen LogP contribution in [0.3, 0.4) is 0 Å². The Labute approximate surface area is 167 Å². The first-order chi connectivity index (χ1) is 13.6. The van der Waals surface area contributed by atoms with E-state index >= 15 is 0 Å². The van der Waals surface area contributed by atoms with Crippen LogP contribution in [0.15, 0.2) is 36.5 Å². The van der Waals surface area contributed by atoms with Crippen LogP contribution < -0.4 is 4.74 Å². The van der Waals surface area contributed by atoms with E-state index in [1.807, 2.05) is 0 Å². The van der Waals surface area contributed by atoms with Crippen molar-refractivity contribution in [1.82, 2.24) is 9.78 Å². The second-order valence-corrected chi connectivity index (χ2v) is 6.72. The van der Waals surface area contributed by atoms with Gasteiger partial charge in [-0.05, 0) is 37.1 Å². The third-order valence-corrected chi connectivity index (χ3v) is 4.45. The quantitative estimate of drug-likeness (QED) is 0.374. The summed E-state index contributed by atoms with van der Waals surface area (Å²) in [5.74, 6) is -2.44. The maximum absolute atomic E-state index is 14.2. The van der Waals surface area contributed by atoms with Crippen molar-refractivity contribution in [2.75, 3.05) is 0 Å². The fraction of sp³-hybridized carbons (Fsp3) is 0.263. The zero-order valence-corrected chi connectivity index (χ0v) is 15.6. The number of hydrogen-bond donors (Lipinski definition) is 1. The van der Waals surface area contributed by atoms with Crippen LogP contribution in [0.1, 0.15) is 24.8 Å². The van der Waals surface area contributed by atoms with Crippen molar-refractivity contribution < 1.29 is 32.2 Å². The molecule has 5 nitrogen and oxygen atoms in total. The number of rotatable bonds is 7. The van der Waals surface area contributed by atoms with Gasteiger partial charge >= 0.3 is 12.1 Å². The van der Waals surface area contributed by atoms with Crippen LogP contribution in [0.5, 0.6) is 11.5 Å². The fourth-order valence-electron chi connectivity index (χ4n) is 2.77. The molecule has 0 atom stereocenters. The number of aliphatic carboxylic acids is 1. The Morgan fingerprint density at radius 2 is 1.97 bits per heavy atom. The lowest BCUT2D eigenvalue weighted by Crippen LogP contribution is -2.06. The van der Waals surface area contributed by atoms with Crippen LogP contribution in [0, 0.1) is 5.82 Å². The zero-order chi connectivity index (χ0) is 21.2. The zero-order valence-electron chi connectivity index (χ0n) is 14.8. The normalized spacial score (nSPS) is 11.8. The summed E-state index contributed by atoms with van der Waals surface area (Å²) in [6.45, 7) is 0.468. The first-order valence-corrected chi connectivity index (χ1v) is 8.94. The molecular formula is C19H15ClF4N2O3. The molecule has 2 aromatic carbocycles. The molecule has 0 fully saturated rings. The van der Waals surface area contributed by atoms with E-state index in [0.29, 0.717) is 37.0 Å². The minimum Gasteiger partial charge on any atom is -0.481 e. The highest BCUT2D eigenvalue weighted by atomic mass is 35.5. The molecule has 0 aliphatic carbocycles. The number of carboxylic acids is 1. The first-order valence-electron chi connectivity index (χ1n) is 8.56. The van der Waals surface area contributed by atoms with Gasteiger partial charge in [0.15, 0.2) is 11.6 Å². The highest BCUT2D eigenvalue weighted by Crippen LogP contribution is 2.39. The summed E-state index contributed by atoms with van der Waals surface area (Å²) in [6.07, 6.45) is -1.98. The molecule has 0 radical (unpaired) electrons. The third-order valence-electron chi connectivity index (χ3n) is 4.17. The minimum absolute atomic E-state index is 0.0548. The number of ether oxygens (including phenoxy) is 1. The molecule has 0 unspecified atom stereocenters. The monoisotopic (exact) mass is 430 g/mol. The standard InChI is InChI=1S/C19H15ClF4N2O3/c20-14-7-12(19(22,23)24)8-15(21)18(14)29-13-5-4-11-10-25-26(16(11)9-13)6-2-1-3-17(27)28/h4-5,7-10H,1-3,6H2,(H,27,28). The number of aryl methyl sites for hydroxylation is 1. The Morgan fingerprint density at radius 1 is 1.21 bits per heavy atom. The molecule has 1 aromatic heterocycles. The number of unbranched alkanes of at least 4 members (excludes halogenated alkanes) is 1. The van der Waals surface area contributed by atoms with Crippen molar-refractivity contribution >= 4 is 28.5 Å². The van der Waals surface area contributed by atoms with Gasteiger partial charge in [-0.3, -0.25) is 9.48 Å². The number of carbonyl (C=O) groups is 1. The Balaban J connectivity index is 1.82. The van der Waals surface area contributed by atoms with Gasteiger partial charge in [0, 0.05) is 24.4 Å². The van der Waals surface area contributed by atoms with E-state index in [2.05, 4.69) is 5.10 Å². The van der Waals surface area contributed by atoms with Crippen LogP contribution in [-0.2, 0) is 17.5 Å². The molecular weight excluding hydrogens is 416 g/mol. The van der Waals surface area contributed by atoms with Gasteiger partial charge in [0.25, 0.3) is 0 Å². The van der Waals surface area contributed by atoms with E-state index in [1.54, 1.807) is 23.0 Å². The summed E-state index contributed by atoms with van der Waals surface area (Å²) < 4.78 is 59.5. The van der Waals surface area contributed by atoms with E-state index in [4.69, 9.17) is 21.4 Å². The highest BCUT2D eigenvalue weighted by molar-refractivity contribution is 6.32. The topological polar surface area (TPSA) is 64.3 Å². The Morgan fingerprint density at radius 3 is 2.62 bits per heavy atom. The number of aromatic nitrogens is 2. The molecule has 0 spiro atoms. The van der Waals surface area contributed by atoms with Crippen molar-refractivity contribution in [3.8, 4) is 11.5 Å². The van der Waals surface area contributed by atoms with Crippen LogP contribution >= 0.6 is 11.6 Å². The fourth-order valence-corrected chi connectivity index (χ4v) is 3.02. The van der Waals surface area contributed by atoms with E-state index < -0.39 is 34.3 Å². The molecule has 0 aliphatic rings. The molecule has 3 rings (SSSR count). The summed E-state index contributed by atoms with van der Waals surface area (Å²) in [6, 6.07) is 5.68. The van der Waals surface area contributed by atoms with Crippen molar-refractivity contribution in [1.29, 1.82) is 0 Å². The maximum atomic E-state index is 14.2. The van der Waals surface area contributed by atoms with E-state index in [0.717, 1.165) is 5.39 Å². The van der Waals surface area contributed by atoms with Gasteiger partial charge in [-0.25, -0.2) is 4.39 Å². The summed E-state index contributed by atoms with van der Waals surface area (Å²) in [4.78, 5) is 10.6. The SMILES string of the molecule is O=C(O)CCCCn1ncc2ccc(Oc3c(F)cc(C(F)(F)F)cc3Cl)cc21. The van der Waals surface area contributed by atoms with Crippen LogP contribution in [-0.4, -0.2) is 20.9 Å². The van der Waals surface area contributed by atoms with Gasteiger partial charge in [-0.2, -0.15) is 18.3 Å². The Hall–Kier alpha value is -2.81. The molecule has 0 bridgehead atoms. The summed E-state index contributed by atoms with van der Waals surface area (Å²) >= 11 is 5.80. The predicted octanol–water partition coefficient (Wildman–Crippen LogP) is 5.89. The van der Waals surface area contributed by atoms with Crippen molar-refractivity contribution in [3.05, 3.63) is 52.9 Å². The third kappa shape index (κ3) is 4.97. The lowest BCUT2D eigenvalue weighted by atomic mass is 10.2. The number of halogens is 5. The average Bonchev–Trinajstić information content (AvgIpc) is 3.03. The number of alkyl halides is 3. The predicted molar refractivity (Wildman–Crippen MR) is 97.7 cm³/mol. The number of benzene rings is 2. The minimum atomic E-state index is -4.73. The largest absolute Gasteiger partial charge is 0.481 e. The van der Waals surface area contributed by atoms with Gasteiger partial charge in [-0.15, -0.1) is 0 Å². The number of nitrogens with zero attached hydrogens (tertiary/aromatic N) is 2. The molecule has 0 saturated heterocycles. The molecule has 0 amide bonds. The highest BCUT2D eigenvalue weighted by Gasteiger charge is 2.32. The van der Waals surface area contributed by atoms with Gasteiger partial charge in [-0.1, -0.05) is 11.6 Å². The van der Waals surface area contributed by atoms with Crippen LogP contribution in [0.4, 0.5) is 17.6 Å². The molecule has 29 heavy (non-hydrogen) atoms. The smallest absolute Gasteiger partial charge is 0.416 e. The summed E-state index contributed by atoms with van der Waals surface area (Å²) in [5.41, 5.74) is -0.552. The van der Waals surface area contributed by atoms with Crippen molar-refractivity contribution in [2.45, 2.75) is 32.0 Å². The van der Waals surface area contributed by atoms with E-state index in [9.17, 15) is 22.4 Å². The number of hydrogen-bond acceptors (Lipinski definition) is 3. The van der Waals surface area contributed by atoms with E-state index in [1.165, 1.54) is 6.07 Å². The maximum Gasteiger partial charge on any atom is 0.416 e. The lowest BCUT2D eigenvalue weighted by molar-refractivity contribution is -0.138. The second kappa shape index (κ2) is 8.28. The van der Waals surface area contributed by atoms with Crippen LogP contribution in [0.2, 0.25) is 5.02 Å². The van der Waals surface area contributed by atoms with Crippen molar-refractivity contribution in [3.63, 3.8) is 0 Å². The van der Waals surface area contributed by atoms with Gasteiger partial charge in [0.1, 0.15) is 5.75 Å². The molecule has 0 aliphatic heterocycles. The summed E-state index contributed by atoms with van der Waals surface area (Å²) in [5, 5.41) is 13.2. The summed E-state index contributed by atoms with van der Waals surface area (Å²) in [7, 11) is 0. The number of carboxylic acid groups (broad SMARTS) is 1. The van der Waals surface area contributed by atoms with Gasteiger partial charge < -0.3 is 9.84 Å². The van der Waals surface area contributed by atoms with Crippen LogP contribution in [0.25, 0.3) is 10.9 Å². The molecule has 1 heterocycles. The molecule has 0 saturated carbocycles.